The summed E-state index contributed by atoms with van der Waals surface area (Å²) in [4.78, 5) is 24.7. The molecule has 0 saturated heterocycles. The summed E-state index contributed by atoms with van der Waals surface area (Å²) in [6.45, 7) is 0. The largest absolute Gasteiger partial charge is 0.497 e. The molecule has 6 nitrogen and oxygen atoms in total. The molecule has 0 bridgehead atoms. The Kier molecular flexibility index (Phi) is 5.14. The number of methoxy groups -OCH3 is 2. The van der Waals surface area contributed by atoms with Gasteiger partial charge in [-0.25, -0.2) is 9.59 Å². The zero-order valence-electron chi connectivity index (χ0n) is 14.2. The van der Waals surface area contributed by atoms with Crippen LogP contribution >= 0.6 is 11.6 Å². The van der Waals surface area contributed by atoms with E-state index in [9.17, 15) is 9.59 Å². The van der Waals surface area contributed by atoms with Gasteiger partial charge in [-0.1, -0.05) is 23.7 Å². The lowest BCUT2D eigenvalue weighted by Crippen LogP contribution is -2.45. The van der Waals surface area contributed by atoms with Gasteiger partial charge in [-0.2, -0.15) is 0 Å². The first-order valence-corrected chi connectivity index (χ1v) is 8.21. The van der Waals surface area contributed by atoms with E-state index in [4.69, 9.17) is 21.1 Å². The summed E-state index contributed by atoms with van der Waals surface area (Å²) < 4.78 is 10.1. The highest BCUT2D eigenvalue weighted by Gasteiger charge is 2.34. The van der Waals surface area contributed by atoms with E-state index in [1.54, 1.807) is 55.6 Å². The Labute approximate surface area is 155 Å². The van der Waals surface area contributed by atoms with E-state index in [-0.39, 0.29) is 0 Å². The van der Waals surface area contributed by atoms with Gasteiger partial charge in [-0.15, -0.1) is 0 Å². The number of nitrogens with one attached hydrogen (secondary N) is 2. The average molecular weight is 373 g/mol. The standard InChI is InChI=1S/C19H17ClN2O4/c1-25-14-9-5-12(6-10-14)17-15(18(23)26-2)16(21-19(24)22-17)11-3-7-13(20)8-4-11/h3-10,16H,1-2H3,(H2,21,22,24). The fourth-order valence-electron chi connectivity index (χ4n) is 2.79. The van der Waals surface area contributed by atoms with E-state index in [1.165, 1.54) is 7.11 Å². The molecular formula is C19H17ClN2O4. The molecule has 1 unspecified atom stereocenters. The van der Waals surface area contributed by atoms with Gasteiger partial charge in [-0.3, -0.25) is 0 Å². The Hall–Kier alpha value is -2.99. The molecule has 0 radical (unpaired) electrons. The maximum Gasteiger partial charge on any atom is 0.338 e. The van der Waals surface area contributed by atoms with E-state index < -0.39 is 18.0 Å². The predicted molar refractivity (Wildman–Crippen MR) is 97.8 cm³/mol. The molecule has 0 aliphatic carbocycles. The van der Waals surface area contributed by atoms with Crippen LogP contribution in [-0.2, 0) is 9.53 Å². The highest BCUT2D eigenvalue weighted by atomic mass is 35.5. The minimum absolute atomic E-state index is 0.305. The number of carbonyl (C=O) groups excluding carboxylic acids is 2. The third-order valence-electron chi connectivity index (χ3n) is 4.06. The molecule has 134 valence electrons. The van der Waals surface area contributed by atoms with Gasteiger partial charge < -0.3 is 20.1 Å². The summed E-state index contributed by atoms with van der Waals surface area (Å²) in [6.07, 6.45) is 0. The van der Waals surface area contributed by atoms with Gasteiger partial charge in [0.1, 0.15) is 5.75 Å². The molecule has 2 amide bonds. The molecule has 7 heteroatoms. The van der Waals surface area contributed by atoms with Crippen LogP contribution in [0.2, 0.25) is 5.02 Å². The van der Waals surface area contributed by atoms with Crippen molar-refractivity contribution in [2.75, 3.05) is 14.2 Å². The minimum Gasteiger partial charge on any atom is -0.497 e. The van der Waals surface area contributed by atoms with Gasteiger partial charge >= 0.3 is 12.0 Å². The first-order chi connectivity index (χ1) is 12.5. The van der Waals surface area contributed by atoms with Crippen molar-refractivity contribution in [3.8, 4) is 5.75 Å². The molecule has 0 aromatic heterocycles. The number of amides is 2. The maximum absolute atomic E-state index is 12.5. The summed E-state index contributed by atoms with van der Waals surface area (Å²) >= 11 is 5.94. The van der Waals surface area contributed by atoms with E-state index >= 15 is 0 Å². The Morgan fingerprint density at radius 2 is 1.69 bits per heavy atom. The van der Waals surface area contributed by atoms with Crippen LogP contribution in [0.3, 0.4) is 0 Å². The summed E-state index contributed by atoms with van der Waals surface area (Å²) in [5.41, 5.74) is 2.08. The number of hydrogen-bond acceptors (Lipinski definition) is 4. The number of urea groups is 1. The lowest BCUT2D eigenvalue weighted by Gasteiger charge is -2.29. The summed E-state index contributed by atoms with van der Waals surface area (Å²) in [5.74, 6) is 0.131. The van der Waals surface area contributed by atoms with Crippen LogP contribution in [0, 0.1) is 0 Å². The lowest BCUT2D eigenvalue weighted by atomic mass is 9.92. The zero-order valence-corrected chi connectivity index (χ0v) is 15.0. The topological polar surface area (TPSA) is 76.7 Å². The third kappa shape index (κ3) is 3.50. The van der Waals surface area contributed by atoms with Crippen LogP contribution in [0.5, 0.6) is 5.75 Å². The Balaban J connectivity index is 2.15. The smallest absolute Gasteiger partial charge is 0.338 e. The van der Waals surface area contributed by atoms with Crippen LogP contribution in [0.4, 0.5) is 4.79 Å². The van der Waals surface area contributed by atoms with Gasteiger partial charge in [0.15, 0.2) is 0 Å². The number of benzene rings is 2. The van der Waals surface area contributed by atoms with E-state index in [1.807, 2.05) is 0 Å². The zero-order chi connectivity index (χ0) is 18.7. The number of esters is 1. The van der Waals surface area contributed by atoms with Crippen molar-refractivity contribution in [2.45, 2.75) is 6.04 Å². The van der Waals surface area contributed by atoms with Gasteiger partial charge in [-0.05, 0) is 47.5 Å². The summed E-state index contributed by atoms with van der Waals surface area (Å²) in [5, 5.41) is 6.03. The number of rotatable bonds is 4. The van der Waals surface area contributed by atoms with Crippen LogP contribution in [0.1, 0.15) is 17.2 Å². The fraction of sp³-hybridized carbons (Fsp3) is 0.158. The van der Waals surface area contributed by atoms with Crippen LogP contribution in [0.15, 0.2) is 54.1 Å². The highest BCUT2D eigenvalue weighted by Crippen LogP contribution is 2.32. The molecule has 26 heavy (non-hydrogen) atoms. The van der Waals surface area contributed by atoms with E-state index in [2.05, 4.69) is 10.6 Å². The predicted octanol–water partition coefficient (Wildman–Crippen LogP) is 3.29. The van der Waals surface area contributed by atoms with Gasteiger partial charge in [0, 0.05) is 5.02 Å². The van der Waals surface area contributed by atoms with Gasteiger partial charge in [0.25, 0.3) is 0 Å². The van der Waals surface area contributed by atoms with Crippen LogP contribution in [-0.4, -0.2) is 26.2 Å². The van der Waals surface area contributed by atoms with Gasteiger partial charge in [0.2, 0.25) is 0 Å². The second-order valence-electron chi connectivity index (χ2n) is 5.59. The highest BCUT2D eigenvalue weighted by molar-refractivity contribution is 6.30. The molecule has 0 fully saturated rings. The molecule has 2 aromatic rings. The fourth-order valence-corrected chi connectivity index (χ4v) is 2.91. The number of ether oxygens (including phenoxy) is 2. The van der Waals surface area contributed by atoms with E-state index in [0.717, 1.165) is 5.56 Å². The normalized spacial score (nSPS) is 16.6. The quantitative estimate of drug-likeness (QED) is 0.807. The Morgan fingerprint density at radius 1 is 1.04 bits per heavy atom. The second-order valence-corrected chi connectivity index (χ2v) is 6.03. The van der Waals surface area contributed by atoms with Gasteiger partial charge in [0.05, 0.1) is 31.5 Å². The number of halogens is 1. The number of carbonyl (C=O) groups is 2. The molecule has 3 rings (SSSR count). The van der Waals surface area contributed by atoms with E-state index in [0.29, 0.717) is 27.6 Å². The van der Waals surface area contributed by atoms with Crippen molar-refractivity contribution in [1.82, 2.24) is 10.6 Å². The molecule has 1 aliphatic heterocycles. The summed E-state index contributed by atoms with van der Waals surface area (Å²) in [7, 11) is 2.87. The van der Waals surface area contributed by atoms with Crippen LogP contribution < -0.4 is 15.4 Å². The monoisotopic (exact) mass is 372 g/mol. The molecule has 2 N–H and O–H groups in total. The Morgan fingerprint density at radius 3 is 2.27 bits per heavy atom. The average Bonchev–Trinajstić information content (AvgIpc) is 2.67. The van der Waals surface area contributed by atoms with Crippen molar-refractivity contribution < 1.29 is 19.1 Å². The molecule has 1 atom stereocenters. The molecule has 1 aliphatic rings. The van der Waals surface area contributed by atoms with Crippen molar-refractivity contribution in [3.05, 3.63) is 70.3 Å². The van der Waals surface area contributed by atoms with Crippen molar-refractivity contribution >= 4 is 29.3 Å². The maximum atomic E-state index is 12.5. The molecule has 0 spiro atoms. The van der Waals surface area contributed by atoms with Crippen molar-refractivity contribution in [3.63, 3.8) is 0 Å². The van der Waals surface area contributed by atoms with Crippen LogP contribution in [0.25, 0.3) is 5.70 Å². The molecule has 2 aromatic carbocycles. The van der Waals surface area contributed by atoms with Crippen molar-refractivity contribution in [2.24, 2.45) is 0 Å². The number of hydrogen-bond donors (Lipinski definition) is 2. The molecule has 1 heterocycles. The molecule has 0 saturated carbocycles. The lowest BCUT2D eigenvalue weighted by molar-refractivity contribution is -0.136. The first kappa shape index (κ1) is 17.8. The molecular weight excluding hydrogens is 356 g/mol. The summed E-state index contributed by atoms with van der Waals surface area (Å²) in [6, 6.07) is 12.9. The second kappa shape index (κ2) is 7.49. The SMILES string of the molecule is COC(=O)C1=C(c2ccc(OC)cc2)NC(=O)NC1c1ccc(Cl)cc1. The minimum atomic E-state index is -0.662. The third-order valence-corrected chi connectivity index (χ3v) is 4.31. The Bertz CT molecular complexity index is 860. The first-order valence-electron chi connectivity index (χ1n) is 7.83. The van der Waals surface area contributed by atoms with Crippen molar-refractivity contribution in [1.29, 1.82) is 0 Å².